The fourth-order valence-electron chi connectivity index (χ4n) is 7.08. The zero-order valence-corrected chi connectivity index (χ0v) is 37.9. The van der Waals surface area contributed by atoms with Gasteiger partial charge < -0.3 is 73.9 Å². The second-order valence-electron chi connectivity index (χ2n) is 16.4. The lowest BCUT2D eigenvalue weighted by atomic mass is 9.99. The van der Waals surface area contributed by atoms with Gasteiger partial charge in [-0.25, -0.2) is 4.98 Å². The average molecular weight is 942 g/mol. The van der Waals surface area contributed by atoms with Crippen LogP contribution in [0.15, 0.2) is 41.8 Å². The lowest BCUT2D eigenvalue weighted by Gasteiger charge is -2.30. The molecule has 7 atom stereocenters. The number of nitrogens with one attached hydrogen (secondary N) is 8. The number of guanidine groups is 1. The van der Waals surface area contributed by atoms with Gasteiger partial charge in [0.15, 0.2) is 5.96 Å². The van der Waals surface area contributed by atoms with Crippen LogP contribution in [0, 0.1) is 5.92 Å². The molecule has 0 aliphatic carbocycles. The van der Waals surface area contributed by atoms with Crippen molar-refractivity contribution in [1.29, 1.82) is 0 Å². The van der Waals surface area contributed by atoms with Crippen molar-refractivity contribution >= 4 is 59.2 Å². The van der Waals surface area contributed by atoms with E-state index in [0.29, 0.717) is 17.7 Å². The maximum atomic E-state index is 14.3. The lowest BCUT2D eigenvalue weighted by molar-refractivity contribution is -0.144. The van der Waals surface area contributed by atoms with Crippen molar-refractivity contribution in [3.8, 4) is 5.75 Å². The number of rotatable bonds is 27. The highest BCUT2D eigenvalue weighted by Crippen LogP contribution is 2.20. The quantitative estimate of drug-likeness (QED) is 0.0237. The van der Waals surface area contributed by atoms with E-state index in [2.05, 4.69) is 52.2 Å². The van der Waals surface area contributed by atoms with Crippen molar-refractivity contribution in [1.82, 2.24) is 52.1 Å². The van der Waals surface area contributed by atoms with E-state index in [1.54, 1.807) is 20.9 Å². The number of hydrogen-bond donors (Lipinski definition) is 13. The molecular weight excluding hydrogens is 879 g/mol. The lowest BCUT2D eigenvalue weighted by Crippen LogP contribution is -2.61. The van der Waals surface area contributed by atoms with Crippen molar-refractivity contribution < 1.29 is 58.5 Å². The molecule has 1 aliphatic rings. The maximum absolute atomic E-state index is 14.3. The maximum Gasteiger partial charge on any atom is 0.325 e. The molecule has 15 N–H and O–H groups in total. The van der Waals surface area contributed by atoms with E-state index in [9.17, 15) is 58.5 Å². The Kier molecular flexibility index (Phi) is 21.5. The number of phenols is 1. The van der Waals surface area contributed by atoms with Gasteiger partial charge in [-0.3, -0.25) is 48.1 Å². The molecule has 1 fully saturated rings. The van der Waals surface area contributed by atoms with Crippen molar-refractivity contribution in [3.05, 3.63) is 48.0 Å². The number of aliphatic imine (C=N–C) groups is 1. The minimum atomic E-state index is -1.62. The Morgan fingerprint density at radius 2 is 1.45 bits per heavy atom. The predicted octanol–water partition coefficient (Wildman–Crippen LogP) is -3.30. The molecule has 25 heteroatoms. The number of carbonyl (C=O) groups is 9. The molecule has 67 heavy (non-hydrogen) atoms. The van der Waals surface area contributed by atoms with Crippen LogP contribution in [0.3, 0.4) is 0 Å². The molecule has 0 bridgehead atoms. The molecule has 1 aromatic heterocycles. The average Bonchev–Trinajstić information content (AvgIpc) is 3.98. The number of hydrogen-bond acceptors (Lipinski definition) is 13. The molecule has 0 saturated carbocycles. The van der Waals surface area contributed by atoms with Crippen LogP contribution in [0.5, 0.6) is 5.75 Å². The van der Waals surface area contributed by atoms with Crippen LogP contribution in [-0.2, 0) is 56.0 Å². The fraction of sp³-hybridized carbons (Fsp3) is 0.548. The number of likely N-dealkylation sites (tertiary alicyclic amines) is 1. The molecule has 1 aromatic carbocycles. The van der Waals surface area contributed by atoms with Gasteiger partial charge in [-0.1, -0.05) is 26.0 Å². The van der Waals surface area contributed by atoms with E-state index in [1.807, 2.05) is 0 Å². The zero-order chi connectivity index (χ0) is 49.8. The van der Waals surface area contributed by atoms with E-state index in [-0.39, 0.29) is 63.4 Å². The third-order valence-corrected chi connectivity index (χ3v) is 10.6. The van der Waals surface area contributed by atoms with Gasteiger partial charge in [-0.2, -0.15) is 0 Å². The predicted molar refractivity (Wildman–Crippen MR) is 239 cm³/mol. The Balaban J connectivity index is 1.93. The van der Waals surface area contributed by atoms with Crippen LogP contribution in [0.25, 0.3) is 0 Å². The molecule has 0 spiro atoms. The second kappa shape index (κ2) is 26.6. The van der Waals surface area contributed by atoms with Crippen LogP contribution < -0.4 is 48.7 Å². The summed E-state index contributed by atoms with van der Waals surface area (Å²) < 4.78 is 0. The number of amides is 7. The summed E-state index contributed by atoms with van der Waals surface area (Å²) >= 11 is 0. The number of nitrogens with two attached hydrogens (primary N) is 2. The largest absolute Gasteiger partial charge is 0.508 e. The number of imidazole rings is 1. The molecule has 7 amide bonds. The van der Waals surface area contributed by atoms with Crippen LogP contribution >= 0.6 is 0 Å². The van der Waals surface area contributed by atoms with E-state index < -0.39 is 114 Å². The van der Waals surface area contributed by atoms with Crippen LogP contribution in [0.2, 0.25) is 0 Å². The van der Waals surface area contributed by atoms with E-state index >= 15 is 0 Å². The Morgan fingerprint density at radius 1 is 0.821 bits per heavy atom. The van der Waals surface area contributed by atoms with Crippen LogP contribution in [0.4, 0.5) is 0 Å². The summed E-state index contributed by atoms with van der Waals surface area (Å²) in [5, 5.41) is 47.0. The summed E-state index contributed by atoms with van der Waals surface area (Å²) in [5.41, 5.74) is 11.7. The second-order valence-corrected chi connectivity index (χ2v) is 16.4. The normalized spacial score (nSPS) is 16.0. The number of H-pyrrole nitrogens is 1. The molecule has 2 heterocycles. The van der Waals surface area contributed by atoms with Gasteiger partial charge in [0.2, 0.25) is 41.4 Å². The Hall–Kier alpha value is -7.31. The fourth-order valence-corrected chi connectivity index (χ4v) is 7.08. The topological polar surface area (TPSA) is 395 Å². The Bertz CT molecular complexity index is 2060. The summed E-state index contributed by atoms with van der Waals surface area (Å²) in [4.78, 5) is 131. The molecule has 368 valence electrons. The molecular formula is C42H63N13O12. The summed E-state index contributed by atoms with van der Waals surface area (Å²) in [7, 11) is 1.54. The number of aromatic amines is 1. The van der Waals surface area contributed by atoms with Gasteiger partial charge in [0.05, 0.1) is 12.9 Å². The number of nitrogens with zero attached hydrogens (tertiary/aromatic N) is 3. The van der Waals surface area contributed by atoms with Crippen LogP contribution in [-0.4, -0.2) is 158 Å². The number of aromatic nitrogens is 2. The smallest absolute Gasteiger partial charge is 0.325 e. The standard InChI is InChI=1S/C42H63N13O12/c1-22(2)34(54-36(61)27(50-32(57)20-45-4)7-5-15-47-42(43)44)39(64)52-29(17-24-9-11-26(56)12-10-24)37(62)51-28(13-14-33(58)59)35(60)53-30(18-25-19-46-21-48-25)40(65)55-16-6-8-31(55)38(63)49-23(3)41(66)67/h9-12,19,21-23,27-31,34,45,56H,5-8,13-18,20H2,1-4H3,(H,46,48)(H,49,63)(H,50,57)(H,51,62)(H,52,64)(H,53,60)(H,54,61)(H,58,59)(H,66,67)(H4,43,44,47)/t23-,27-,28-,29-,30-,31-,34-/m0/s1. The van der Waals surface area contributed by atoms with Crippen molar-refractivity contribution in [2.75, 3.05) is 26.7 Å². The third-order valence-electron chi connectivity index (χ3n) is 10.6. The number of carboxylic acid groups (broad SMARTS) is 2. The van der Waals surface area contributed by atoms with Gasteiger partial charge in [0, 0.05) is 44.2 Å². The first-order valence-corrected chi connectivity index (χ1v) is 21.7. The van der Waals surface area contributed by atoms with Crippen molar-refractivity contribution in [2.45, 2.75) is 114 Å². The number of benzene rings is 1. The first-order valence-electron chi connectivity index (χ1n) is 21.7. The van der Waals surface area contributed by atoms with Crippen molar-refractivity contribution in [3.63, 3.8) is 0 Å². The highest BCUT2D eigenvalue weighted by Gasteiger charge is 2.40. The number of aromatic hydroxyl groups is 1. The SMILES string of the molecule is CNCC(=O)N[C@@H](CCCN=C(N)N)C(=O)N[C@H](C(=O)N[C@@H](Cc1ccc(O)cc1)C(=O)N[C@@H](CCC(=O)O)C(=O)N[C@@H](Cc1cnc[nH]1)C(=O)N1CCC[C@H]1C(=O)N[C@@H](C)C(=O)O)C(C)C. The number of carbonyl (C=O) groups excluding carboxylic acids is 7. The summed E-state index contributed by atoms with van der Waals surface area (Å²) in [6.45, 7) is 4.66. The first-order chi connectivity index (χ1) is 31.7. The van der Waals surface area contributed by atoms with Gasteiger partial charge in [-0.15, -0.1) is 0 Å². The zero-order valence-electron chi connectivity index (χ0n) is 37.9. The van der Waals surface area contributed by atoms with Crippen LogP contribution in [0.1, 0.15) is 70.6 Å². The molecule has 3 rings (SSSR count). The Labute approximate surface area is 386 Å². The summed E-state index contributed by atoms with van der Waals surface area (Å²) in [5.74, 6) is -8.88. The number of likely N-dealkylation sites (N-methyl/N-ethyl adjacent to an activating group) is 1. The van der Waals surface area contributed by atoms with E-state index in [0.717, 1.165) is 0 Å². The third kappa shape index (κ3) is 17.9. The van der Waals surface area contributed by atoms with Gasteiger partial charge in [-0.05, 0) is 69.7 Å². The van der Waals surface area contributed by atoms with Gasteiger partial charge >= 0.3 is 11.9 Å². The molecule has 0 unspecified atom stereocenters. The summed E-state index contributed by atoms with van der Waals surface area (Å²) in [6, 6.07) is -3.56. The minimum Gasteiger partial charge on any atom is -0.508 e. The number of aliphatic carboxylic acids is 2. The first kappa shape index (κ1) is 54.0. The molecule has 0 radical (unpaired) electrons. The summed E-state index contributed by atoms with van der Waals surface area (Å²) in [6.07, 6.45) is 2.19. The monoisotopic (exact) mass is 941 g/mol. The van der Waals surface area contributed by atoms with Crippen molar-refractivity contribution in [2.24, 2.45) is 22.4 Å². The minimum absolute atomic E-state index is 0.0878. The molecule has 1 saturated heterocycles. The van der Waals surface area contributed by atoms with Gasteiger partial charge in [0.25, 0.3) is 0 Å². The highest BCUT2D eigenvalue weighted by molar-refractivity contribution is 5.98. The Morgan fingerprint density at radius 3 is 2.04 bits per heavy atom. The number of phenolic OH excluding ortho intramolecular Hbond substituents is 1. The molecule has 25 nitrogen and oxygen atoms in total. The van der Waals surface area contributed by atoms with E-state index in [1.165, 1.54) is 48.6 Å². The molecule has 2 aromatic rings. The van der Waals surface area contributed by atoms with Gasteiger partial charge in [0.1, 0.15) is 48.0 Å². The highest BCUT2D eigenvalue weighted by atomic mass is 16.4. The van der Waals surface area contributed by atoms with E-state index in [4.69, 9.17) is 11.5 Å². The number of carboxylic acids is 2. The molecule has 1 aliphatic heterocycles.